The summed E-state index contributed by atoms with van der Waals surface area (Å²) in [7, 11) is 0. The van der Waals surface area contributed by atoms with Crippen molar-refractivity contribution in [2.24, 2.45) is 0 Å². The highest BCUT2D eigenvalue weighted by molar-refractivity contribution is 4.98. The highest BCUT2D eigenvalue weighted by Crippen LogP contribution is 1.75. The molecule has 0 unspecified atom stereocenters. The third-order valence-electron chi connectivity index (χ3n) is 0.236. The van der Waals surface area contributed by atoms with Gasteiger partial charge < -0.3 is 5.11 Å². The van der Waals surface area contributed by atoms with Crippen molar-refractivity contribution in [2.45, 2.75) is 13.8 Å². The zero-order valence-electron chi connectivity index (χ0n) is 6.15. The Balaban J connectivity index is 0. The molecule has 0 aromatic heterocycles. The van der Waals surface area contributed by atoms with Crippen LogP contribution in [0.5, 0.6) is 0 Å². The van der Waals surface area contributed by atoms with E-state index in [1.54, 1.807) is 0 Å². The van der Waals surface area contributed by atoms with Gasteiger partial charge in [-0.2, -0.15) is 0 Å². The summed E-state index contributed by atoms with van der Waals surface area (Å²) >= 11 is 0. The van der Waals surface area contributed by atoms with Crippen LogP contribution in [0.15, 0.2) is 37.1 Å². The van der Waals surface area contributed by atoms with Crippen LogP contribution in [0.25, 0.3) is 0 Å². The van der Waals surface area contributed by atoms with Crippen LogP contribution in [0.2, 0.25) is 0 Å². The molecule has 0 heterocycles. The van der Waals surface area contributed by atoms with Crippen LogP contribution in [0.4, 0.5) is 0 Å². The van der Waals surface area contributed by atoms with E-state index in [0.717, 1.165) is 0 Å². The minimum atomic E-state index is 0.0185. The largest absolute Gasteiger partial charge is 0.509 e. The maximum absolute atomic E-state index is 8.05. The lowest BCUT2D eigenvalue weighted by Gasteiger charge is -1.73. The van der Waals surface area contributed by atoms with E-state index in [-0.39, 0.29) is 5.76 Å². The van der Waals surface area contributed by atoms with E-state index < -0.39 is 0 Å². The van der Waals surface area contributed by atoms with E-state index in [1.165, 1.54) is 11.6 Å². The second kappa shape index (κ2) is 7.02. The average Bonchev–Trinajstić information content (AvgIpc) is 1.65. The molecule has 0 fully saturated rings. The van der Waals surface area contributed by atoms with Gasteiger partial charge in [-0.1, -0.05) is 18.7 Å². The van der Waals surface area contributed by atoms with Gasteiger partial charge in [-0.05, 0) is 19.9 Å². The first-order valence-electron chi connectivity index (χ1n) is 2.63. The molecule has 0 rings (SSSR count). The van der Waals surface area contributed by atoms with Gasteiger partial charge in [0.25, 0.3) is 0 Å². The van der Waals surface area contributed by atoms with Gasteiger partial charge >= 0.3 is 0 Å². The molecule has 0 amide bonds. The summed E-state index contributed by atoms with van der Waals surface area (Å²) in [6.45, 7) is 13.8. The molecule has 0 aromatic rings. The standard InChI is InChI=1S/C4H6O.C4H8/c1-3-4(2)5;1-4(2)3/h3,5H,1-2H2;1H2,2-3H3. The Bertz CT molecular complexity index is 108. The highest BCUT2D eigenvalue weighted by Gasteiger charge is 1.62. The number of aliphatic hydroxyl groups is 1. The summed E-state index contributed by atoms with van der Waals surface area (Å²) in [6.07, 6.45) is 1.28. The first-order chi connectivity index (χ1) is 4.00. The zero-order chi connectivity index (χ0) is 7.86. The Morgan fingerprint density at radius 1 is 1.33 bits per heavy atom. The Labute approximate surface area is 57.0 Å². The monoisotopic (exact) mass is 126 g/mol. The number of aliphatic hydroxyl groups excluding tert-OH is 1. The molecule has 0 spiro atoms. The molecule has 52 valence electrons. The minimum Gasteiger partial charge on any atom is -0.509 e. The van der Waals surface area contributed by atoms with Gasteiger partial charge in [-0.15, -0.1) is 6.58 Å². The molecule has 0 aliphatic rings. The van der Waals surface area contributed by atoms with Crippen molar-refractivity contribution in [1.29, 1.82) is 0 Å². The van der Waals surface area contributed by atoms with Crippen molar-refractivity contribution >= 4 is 0 Å². The van der Waals surface area contributed by atoms with Crippen molar-refractivity contribution in [3.8, 4) is 0 Å². The number of hydrogen-bond acceptors (Lipinski definition) is 1. The lowest BCUT2D eigenvalue weighted by Crippen LogP contribution is -1.59. The zero-order valence-corrected chi connectivity index (χ0v) is 6.15. The Kier molecular flexibility index (Phi) is 8.51. The Morgan fingerprint density at radius 3 is 1.44 bits per heavy atom. The third-order valence-corrected chi connectivity index (χ3v) is 0.236. The van der Waals surface area contributed by atoms with E-state index in [0.29, 0.717) is 0 Å². The highest BCUT2D eigenvalue weighted by atomic mass is 16.3. The molecule has 1 N–H and O–H groups in total. The molecule has 0 aliphatic carbocycles. The van der Waals surface area contributed by atoms with E-state index in [9.17, 15) is 0 Å². The van der Waals surface area contributed by atoms with Crippen molar-refractivity contribution < 1.29 is 5.11 Å². The fourth-order valence-corrected chi connectivity index (χ4v) is 0. The second-order valence-electron chi connectivity index (χ2n) is 1.90. The second-order valence-corrected chi connectivity index (χ2v) is 1.90. The van der Waals surface area contributed by atoms with Crippen LogP contribution in [0.1, 0.15) is 13.8 Å². The lowest BCUT2D eigenvalue weighted by atomic mass is 10.4. The first kappa shape index (κ1) is 10.9. The van der Waals surface area contributed by atoms with Crippen molar-refractivity contribution in [3.05, 3.63) is 37.1 Å². The smallest absolute Gasteiger partial charge is 0.107 e. The van der Waals surface area contributed by atoms with Crippen molar-refractivity contribution in [3.63, 3.8) is 0 Å². The van der Waals surface area contributed by atoms with Gasteiger partial charge in [0.1, 0.15) is 5.76 Å². The molecule has 0 aromatic carbocycles. The molecule has 1 heteroatoms. The molecule has 0 aliphatic heterocycles. The van der Waals surface area contributed by atoms with Crippen LogP contribution < -0.4 is 0 Å². The van der Waals surface area contributed by atoms with Crippen molar-refractivity contribution in [2.75, 3.05) is 0 Å². The summed E-state index contributed by atoms with van der Waals surface area (Å²) < 4.78 is 0. The van der Waals surface area contributed by atoms with Crippen LogP contribution in [0, 0.1) is 0 Å². The van der Waals surface area contributed by atoms with E-state index >= 15 is 0 Å². The molecule has 1 nitrogen and oxygen atoms in total. The normalized spacial score (nSPS) is 6.44. The van der Waals surface area contributed by atoms with Crippen LogP contribution in [-0.4, -0.2) is 5.11 Å². The molecule has 0 saturated heterocycles. The summed E-state index contributed by atoms with van der Waals surface area (Å²) in [5.74, 6) is 0.0185. The quantitative estimate of drug-likeness (QED) is 0.325. The lowest BCUT2D eigenvalue weighted by molar-refractivity contribution is 0.435. The number of rotatable bonds is 1. The van der Waals surface area contributed by atoms with Crippen molar-refractivity contribution in [1.82, 2.24) is 0 Å². The first-order valence-corrected chi connectivity index (χ1v) is 2.63. The van der Waals surface area contributed by atoms with E-state index in [1.807, 2.05) is 13.8 Å². The van der Waals surface area contributed by atoms with Gasteiger partial charge in [-0.3, -0.25) is 0 Å². The average molecular weight is 126 g/mol. The van der Waals surface area contributed by atoms with Gasteiger partial charge in [0.05, 0.1) is 0 Å². The summed E-state index contributed by atoms with van der Waals surface area (Å²) in [5.41, 5.74) is 1.17. The van der Waals surface area contributed by atoms with Gasteiger partial charge in [0.15, 0.2) is 0 Å². The van der Waals surface area contributed by atoms with Crippen LogP contribution in [0.3, 0.4) is 0 Å². The molecule has 0 atom stereocenters. The van der Waals surface area contributed by atoms with Gasteiger partial charge in [0, 0.05) is 0 Å². The molecule has 9 heavy (non-hydrogen) atoms. The van der Waals surface area contributed by atoms with Gasteiger partial charge in [-0.25, -0.2) is 0 Å². The molecule has 0 saturated carbocycles. The predicted molar refractivity (Wildman–Crippen MR) is 42.5 cm³/mol. The Hall–Kier alpha value is -0.980. The molecular weight excluding hydrogens is 112 g/mol. The minimum absolute atomic E-state index is 0.0185. The maximum Gasteiger partial charge on any atom is 0.107 e. The topological polar surface area (TPSA) is 20.2 Å². The molecular formula is C8H14O. The summed E-state index contributed by atoms with van der Waals surface area (Å²) in [4.78, 5) is 0. The van der Waals surface area contributed by atoms with Crippen LogP contribution >= 0.6 is 0 Å². The van der Waals surface area contributed by atoms with E-state index in [2.05, 4.69) is 19.7 Å². The number of allylic oxidation sites excluding steroid dienone is 2. The summed E-state index contributed by atoms with van der Waals surface area (Å²) in [5, 5.41) is 8.05. The predicted octanol–water partition coefficient (Wildman–Crippen LogP) is 2.83. The third kappa shape index (κ3) is 170. The maximum atomic E-state index is 8.05. The molecule has 0 bridgehead atoms. The Morgan fingerprint density at radius 2 is 1.44 bits per heavy atom. The molecule has 0 radical (unpaired) electrons. The summed E-state index contributed by atoms with van der Waals surface area (Å²) in [6, 6.07) is 0. The SMILES string of the molecule is C=C(C)C.C=CC(=C)O. The van der Waals surface area contributed by atoms with E-state index in [4.69, 9.17) is 5.11 Å². The van der Waals surface area contributed by atoms with Crippen LogP contribution in [-0.2, 0) is 0 Å². The fraction of sp³-hybridized carbons (Fsp3) is 0.250. The number of hydrogen-bond donors (Lipinski definition) is 1. The van der Waals surface area contributed by atoms with Gasteiger partial charge in [0.2, 0.25) is 0 Å². The fourth-order valence-electron chi connectivity index (χ4n) is 0.